The highest BCUT2D eigenvalue weighted by Crippen LogP contribution is 2.40. The Hall–Kier alpha value is -1.35. The maximum atomic E-state index is 12.4. The molecule has 0 saturated carbocycles. The van der Waals surface area contributed by atoms with Crippen molar-refractivity contribution in [2.75, 3.05) is 6.61 Å². The fraction of sp³-hybridized carbons (Fsp3) is 0.562. The fourth-order valence-electron chi connectivity index (χ4n) is 3.06. The second kappa shape index (κ2) is 5.33. The minimum absolute atomic E-state index is 0.0705. The van der Waals surface area contributed by atoms with Crippen LogP contribution in [0.2, 0.25) is 0 Å². The molecule has 3 rings (SSSR count). The molecule has 102 valence electrons. The van der Waals surface area contributed by atoms with Gasteiger partial charge < -0.3 is 9.47 Å². The summed E-state index contributed by atoms with van der Waals surface area (Å²) in [4.78, 5) is 12.4. The number of Topliss-reactive ketones (excluding diaryl/α,β-unsaturated/α-hetero) is 1. The van der Waals surface area contributed by atoms with Crippen LogP contribution in [0, 0.1) is 5.92 Å². The first-order chi connectivity index (χ1) is 9.28. The summed E-state index contributed by atoms with van der Waals surface area (Å²) in [5.41, 5.74) is 0.782. The highest BCUT2D eigenvalue weighted by molar-refractivity contribution is 5.98. The van der Waals surface area contributed by atoms with Crippen LogP contribution in [-0.4, -0.2) is 24.6 Å². The van der Waals surface area contributed by atoms with Crippen molar-refractivity contribution in [1.82, 2.24) is 0 Å². The molecular weight excluding hydrogens is 240 g/mol. The lowest BCUT2D eigenvalue weighted by Crippen LogP contribution is -2.25. The summed E-state index contributed by atoms with van der Waals surface area (Å²) < 4.78 is 11.3. The van der Waals surface area contributed by atoms with Crippen LogP contribution in [-0.2, 0) is 4.74 Å². The van der Waals surface area contributed by atoms with E-state index in [2.05, 4.69) is 6.92 Å². The molecule has 2 heterocycles. The van der Waals surface area contributed by atoms with E-state index in [9.17, 15) is 4.79 Å². The number of ketones is 1. The molecule has 1 aromatic carbocycles. The standard InChI is InChI=1S/C16H20O3/c1-2-9-18-12-5-3-11(4-6-12)16(17)14-10-13-7-8-15(14)19-13/h3-6,13-15H,2,7-10H2,1H3. The first kappa shape index (κ1) is 12.7. The first-order valence-electron chi connectivity index (χ1n) is 7.20. The van der Waals surface area contributed by atoms with Crippen molar-refractivity contribution in [1.29, 1.82) is 0 Å². The second-order valence-electron chi connectivity index (χ2n) is 5.45. The minimum atomic E-state index is 0.0705. The maximum Gasteiger partial charge on any atom is 0.168 e. The van der Waals surface area contributed by atoms with Crippen molar-refractivity contribution in [2.45, 2.75) is 44.8 Å². The fourth-order valence-corrected chi connectivity index (χ4v) is 3.06. The van der Waals surface area contributed by atoms with E-state index in [1.165, 1.54) is 0 Å². The molecule has 0 aromatic heterocycles. The van der Waals surface area contributed by atoms with Gasteiger partial charge >= 0.3 is 0 Å². The number of fused-ring (bicyclic) bond motifs is 2. The zero-order chi connectivity index (χ0) is 13.2. The van der Waals surface area contributed by atoms with Crippen LogP contribution in [0.25, 0.3) is 0 Å². The van der Waals surface area contributed by atoms with E-state index in [0.717, 1.165) is 37.0 Å². The number of hydrogen-bond donors (Lipinski definition) is 0. The third kappa shape index (κ3) is 2.52. The topological polar surface area (TPSA) is 35.5 Å². The predicted octanol–water partition coefficient (Wildman–Crippen LogP) is 3.23. The number of hydrogen-bond acceptors (Lipinski definition) is 3. The average molecular weight is 260 g/mol. The van der Waals surface area contributed by atoms with Crippen molar-refractivity contribution in [3.8, 4) is 5.75 Å². The Morgan fingerprint density at radius 2 is 2.11 bits per heavy atom. The Morgan fingerprint density at radius 1 is 1.32 bits per heavy atom. The molecule has 0 radical (unpaired) electrons. The molecule has 2 aliphatic rings. The van der Waals surface area contributed by atoms with Gasteiger partial charge in [0.2, 0.25) is 0 Å². The van der Waals surface area contributed by atoms with Gasteiger partial charge in [0.05, 0.1) is 24.7 Å². The quantitative estimate of drug-likeness (QED) is 0.762. The second-order valence-corrected chi connectivity index (χ2v) is 5.45. The summed E-state index contributed by atoms with van der Waals surface area (Å²) in [6.45, 7) is 2.79. The van der Waals surface area contributed by atoms with Gasteiger partial charge in [-0.3, -0.25) is 4.79 Å². The van der Waals surface area contributed by atoms with Crippen molar-refractivity contribution in [3.05, 3.63) is 29.8 Å². The van der Waals surface area contributed by atoms with Crippen LogP contribution in [0.15, 0.2) is 24.3 Å². The summed E-state index contributed by atoms with van der Waals surface area (Å²) in [7, 11) is 0. The molecule has 0 aliphatic carbocycles. The lowest BCUT2D eigenvalue weighted by Gasteiger charge is -2.17. The Labute approximate surface area is 113 Å². The van der Waals surface area contributed by atoms with Crippen LogP contribution in [0.5, 0.6) is 5.75 Å². The monoisotopic (exact) mass is 260 g/mol. The molecule has 2 bridgehead atoms. The van der Waals surface area contributed by atoms with E-state index in [1.807, 2.05) is 24.3 Å². The summed E-state index contributed by atoms with van der Waals surface area (Å²) in [6, 6.07) is 7.52. The molecule has 2 fully saturated rings. The van der Waals surface area contributed by atoms with Crippen LogP contribution in [0.1, 0.15) is 43.0 Å². The SMILES string of the molecule is CCCOc1ccc(C(=O)C2CC3CCC2O3)cc1. The molecular formula is C16H20O3. The summed E-state index contributed by atoms with van der Waals surface area (Å²) in [5.74, 6) is 1.14. The molecule has 3 heteroatoms. The van der Waals surface area contributed by atoms with Crippen molar-refractivity contribution < 1.29 is 14.3 Å². The molecule has 0 N–H and O–H groups in total. The van der Waals surface area contributed by atoms with Crippen LogP contribution >= 0.6 is 0 Å². The molecule has 0 amide bonds. The van der Waals surface area contributed by atoms with E-state index >= 15 is 0 Å². The molecule has 3 unspecified atom stereocenters. The van der Waals surface area contributed by atoms with E-state index in [4.69, 9.17) is 9.47 Å². The molecule has 2 aliphatic heterocycles. The molecule has 19 heavy (non-hydrogen) atoms. The zero-order valence-electron chi connectivity index (χ0n) is 11.3. The summed E-state index contributed by atoms with van der Waals surface area (Å²) in [6.07, 6.45) is 4.54. The Balaban J connectivity index is 1.67. The number of carbonyl (C=O) groups excluding carboxylic acids is 1. The zero-order valence-corrected chi connectivity index (χ0v) is 11.3. The number of carbonyl (C=O) groups is 1. The van der Waals surface area contributed by atoms with Gasteiger partial charge in [-0.05, 0) is 49.9 Å². The summed E-state index contributed by atoms with van der Waals surface area (Å²) in [5, 5.41) is 0. The molecule has 3 nitrogen and oxygen atoms in total. The van der Waals surface area contributed by atoms with Crippen molar-refractivity contribution in [3.63, 3.8) is 0 Å². The number of benzene rings is 1. The predicted molar refractivity (Wildman–Crippen MR) is 72.6 cm³/mol. The van der Waals surface area contributed by atoms with E-state index in [1.54, 1.807) is 0 Å². The van der Waals surface area contributed by atoms with E-state index in [0.29, 0.717) is 12.7 Å². The van der Waals surface area contributed by atoms with Gasteiger partial charge in [0.25, 0.3) is 0 Å². The molecule has 1 aromatic rings. The Kier molecular flexibility index (Phi) is 3.56. The third-order valence-corrected chi connectivity index (χ3v) is 4.05. The molecule has 0 spiro atoms. The van der Waals surface area contributed by atoms with Crippen LogP contribution in [0.4, 0.5) is 0 Å². The van der Waals surface area contributed by atoms with Gasteiger partial charge in [0.1, 0.15) is 5.75 Å². The molecule has 3 atom stereocenters. The smallest absolute Gasteiger partial charge is 0.168 e. The average Bonchev–Trinajstić information content (AvgIpc) is 3.07. The van der Waals surface area contributed by atoms with Crippen molar-refractivity contribution >= 4 is 5.78 Å². The van der Waals surface area contributed by atoms with Gasteiger partial charge in [0, 0.05) is 5.56 Å². The number of rotatable bonds is 5. The van der Waals surface area contributed by atoms with E-state index < -0.39 is 0 Å². The minimum Gasteiger partial charge on any atom is -0.494 e. The highest BCUT2D eigenvalue weighted by atomic mass is 16.5. The van der Waals surface area contributed by atoms with Gasteiger partial charge in [-0.25, -0.2) is 0 Å². The lowest BCUT2D eigenvalue weighted by atomic mass is 9.84. The first-order valence-corrected chi connectivity index (χ1v) is 7.20. The lowest BCUT2D eigenvalue weighted by molar-refractivity contribution is 0.0743. The highest BCUT2D eigenvalue weighted by Gasteiger charge is 2.44. The summed E-state index contributed by atoms with van der Waals surface area (Å²) >= 11 is 0. The van der Waals surface area contributed by atoms with Gasteiger partial charge in [-0.15, -0.1) is 0 Å². The molecule has 2 saturated heterocycles. The van der Waals surface area contributed by atoms with Crippen molar-refractivity contribution in [2.24, 2.45) is 5.92 Å². The Morgan fingerprint density at radius 3 is 2.68 bits per heavy atom. The normalized spacial score (nSPS) is 28.6. The van der Waals surface area contributed by atoms with Gasteiger partial charge in [-0.2, -0.15) is 0 Å². The third-order valence-electron chi connectivity index (χ3n) is 4.05. The van der Waals surface area contributed by atoms with Gasteiger partial charge in [-0.1, -0.05) is 6.92 Å². The van der Waals surface area contributed by atoms with E-state index in [-0.39, 0.29) is 17.8 Å². The van der Waals surface area contributed by atoms with Crippen LogP contribution in [0.3, 0.4) is 0 Å². The Bertz CT molecular complexity index is 452. The maximum absolute atomic E-state index is 12.4. The van der Waals surface area contributed by atoms with Crippen LogP contribution < -0.4 is 4.74 Å². The van der Waals surface area contributed by atoms with Gasteiger partial charge in [0.15, 0.2) is 5.78 Å². The number of ether oxygens (including phenoxy) is 2. The largest absolute Gasteiger partial charge is 0.494 e.